The second-order valence-corrected chi connectivity index (χ2v) is 4.67. The van der Waals surface area contributed by atoms with Crippen LogP contribution in [-0.2, 0) is 26.7 Å². The number of nitrogens with zero attached hydrogens (tertiary/aromatic N) is 1. The van der Waals surface area contributed by atoms with Gasteiger partial charge in [-0.05, 0) is 13.8 Å². The third-order valence-electron chi connectivity index (χ3n) is 1.97. The van der Waals surface area contributed by atoms with Crippen molar-refractivity contribution in [1.29, 1.82) is 0 Å². The average Bonchev–Trinajstić information content (AvgIpc) is 2.59. The Kier molecular flexibility index (Phi) is 4.33. The molecule has 1 heterocycles. The maximum absolute atomic E-state index is 13.7. The van der Waals surface area contributed by atoms with Gasteiger partial charge in [0, 0.05) is 4.88 Å². The summed E-state index contributed by atoms with van der Waals surface area (Å²) in [5.74, 6) is -6.71. The average molecular weight is 279 g/mol. The summed E-state index contributed by atoms with van der Waals surface area (Å²) in [7, 11) is 0. The predicted octanol–water partition coefficient (Wildman–Crippen LogP) is 1.73. The van der Waals surface area contributed by atoms with E-state index in [4.69, 9.17) is 5.11 Å². The summed E-state index contributed by atoms with van der Waals surface area (Å²) in [5.41, 5.74) is -0.734. The van der Waals surface area contributed by atoms with Gasteiger partial charge < -0.3 is 9.84 Å². The molecule has 0 bridgehead atoms. The maximum atomic E-state index is 13.7. The molecule has 0 amide bonds. The lowest BCUT2D eigenvalue weighted by molar-refractivity contribution is -0.173. The molecule has 0 aromatic carbocycles. The van der Waals surface area contributed by atoms with Crippen molar-refractivity contribution < 1.29 is 28.2 Å². The molecule has 0 spiro atoms. The number of carbonyl (C=O) groups is 2. The smallest absolute Gasteiger partial charge is 0.385 e. The first kappa shape index (κ1) is 14.5. The number of hydrogen-bond acceptors (Lipinski definition) is 5. The van der Waals surface area contributed by atoms with Crippen LogP contribution in [0.4, 0.5) is 8.78 Å². The number of carboxylic acids is 1. The third-order valence-corrected chi connectivity index (χ3v) is 2.94. The van der Waals surface area contributed by atoms with E-state index in [9.17, 15) is 18.4 Å². The van der Waals surface area contributed by atoms with Gasteiger partial charge in [0.15, 0.2) is 0 Å². The first-order chi connectivity index (χ1) is 8.28. The first-order valence-corrected chi connectivity index (χ1v) is 5.84. The second-order valence-electron chi connectivity index (χ2n) is 3.38. The number of thiazole rings is 1. The molecule has 0 saturated heterocycles. The molecule has 1 rings (SSSR count). The van der Waals surface area contributed by atoms with Crippen molar-refractivity contribution >= 4 is 23.3 Å². The van der Waals surface area contributed by atoms with E-state index in [0.717, 1.165) is 11.3 Å². The van der Waals surface area contributed by atoms with E-state index in [1.54, 1.807) is 0 Å². The van der Waals surface area contributed by atoms with Crippen molar-refractivity contribution in [3.8, 4) is 0 Å². The zero-order chi connectivity index (χ0) is 13.9. The van der Waals surface area contributed by atoms with Gasteiger partial charge in [0.1, 0.15) is 10.7 Å². The molecule has 0 unspecified atom stereocenters. The predicted molar refractivity (Wildman–Crippen MR) is 58.7 cm³/mol. The number of carbonyl (C=O) groups excluding carboxylic acids is 1. The van der Waals surface area contributed by atoms with Crippen molar-refractivity contribution in [3.05, 3.63) is 15.6 Å². The highest BCUT2D eigenvalue weighted by atomic mass is 32.1. The van der Waals surface area contributed by atoms with Gasteiger partial charge in [0.2, 0.25) is 0 Å². The fraction of sp³-hybridized carbons (Fsp3) is 0.500. The number of aryl methyl sites for hydroxylation is 1. The van der Waals surface area contributed by atoms with Crippen LogP contribution in [0.2, 0.25) is 0 Å². The monoisotopic (exact) mass is 279 g/mol. The van der Waals surface area contributed by atoms with Crippen LogP contribution in [0.25, 0.3) is 0 Å². The Morgan fingerprint density at radius 1 is 1.50 bits per heavy atom. The molecule has 100 valence electrons. The minimum atomic E-state index is -3.85. The summed E-state index contributed by atoms with van der Waals surface area (Å²) in [5, 5.41) is 8.58. The van der Waals surface area contributed by atoms with E-state index in [1.165, 1.54) is 13.8 Å². The van der Waals surface area contributed by atoms with E-state index >= 15 is 0 Å². The third kappa shape index (κ3) is 3.00. The topological polar surface area (TPSA) is 76.5 Å². The van der Waals surface area contributed by atoms with Crippen molar-refractivity contribution in [2.24, 2.45) is 0 Å². The Hall–Kier alpha value is -1.57. The number of hydrogen-bond donors (Lipinski definition) is 1. The number of rotatable bonds is 5. The van der Waals surface area contributed by atoms with Crippen LogP contribution >= 0.6 is 11.3 Å². The number of aliphatic carboxylic acids is 1. The minimum absolute atomic E-state index is 0.0268. The Balaban J connectivity index is 3.04. The molecule has 0 radical (unpaired) electrons. The molecule has 8 heteroatoms. The summed E-state index contributed by atoms with van der Waals surface area (Å²) in [6, 6.07) is 0. The largest absolute Gasteiger partial charge is 0.481 e. The zero-order valence-electron chi connectivity index (χ0n) is 9.70. The molecule has 1 aromatic rings. The summed E-state index contributed by atoms with van der Waals surface area (Å²) < 4.78 is 31.6. The van der Waals surface area contributed by atoms with Gasteiger partial charge in [-0.2, -0.15) is 8.78 Å². The van der Waals surface area contributed by atoms with Crippen LogP contribution < -0.4 is 0 Å². The van der Waals surface area contributed by atoms with Gasteiger partial charge in [0.05, 0.1) is 13.0 Å². The molecule has 18 heavy (non-hydrogen) atoms. The Morgan fingerprint density at radius 3 is 2.61 bits per heavy atom. The number of alkyl halides is 2. The fourth-order valence-electron chi connectivity index (χ4n) is 1.27. The van der Waals surface area contributed by atoms with E-state index in [0.29, 0.717) is 0 Å². The SMILES string of the molecule is CCOC(=O)C(F)(F)c1nc(CC(=O)O)sc1C. The van der Waals surface area contributed by atoms with Crippen molar-refractivity contribution in [3.63, 3.8) is 0 Å². The van der Waals surface area contributed by atoms with Crippen LogP contribution in [0.1, 0.15) is 22.5 Å². The van der Waals surface area contributed by atoms with Crippen molar-refractivity contribution in [2.75, 3.05) is 6.61 Å². The molecule has 5 nitrogen and oxygen atoms in total. The molecule has 0 aliphatic rings. The van der Waals surface area contributed by atoms with Gasteiger partial charge in [-0.1, -0.05) is 0 Å². The molecule has 1 N–H and O–H groups in total. The van der Waals surface area contributed by atoms with Crippen LogP contribution in [0, 0.1) is 6.92 Å². The fourth-order valence-corrected chi connectivity index (χ4v) is 2.22. The van der Waals surface area contributed by atoms with E-state index < -0.39 is 30.0 Å². The maximum Gasteiger partial charge on any atom is 0.385 e. The highest BCUT2D eigenvalue weighted by Crippen LogP contribution is 2.34. The lowest BCUT2D eigenvalue weighted by Gasteiger charge is -2.12. The Bertz CT molecular complexity index is 472. The molecule has 0 aliphatic heterocycles. The van der Waals surface area contributed by atoms with Crippen LogP contribution in [0.15, 0.2) is 0 Å². The summed E-state index contributed by atoms with van der Waals surface area (Å²) in [6.07, 6.45) is -0.454. The molecular weight excluding hydrogens is 268 g/mol. The number of esters is 1. The van der Waals surface area contributed by atoms with Gasteiger partial charge in [-0.25, -0.2) is 9.78 Å². The van der Waals surface area contributed by atoms with E-state index in [-0.39, 0.29) is 16.5 Å². The number of carboxylic acid groups (broad SMARTS) is 1. The van der Waals surface area contributed by atoms with E-state index in [1.807, 2.05) is 0 Å². The summed E-state index contributed by atoms with van der Waals surface area (Å²) >= 11 is 0.825. The summed E-state index contributed by atoms with van der Waals surface area (Å²) in [4.78, 5) is 25.2. The lowest BCUT2D eigenvalue weighted by Crippen LogP contribution is -2.29. The van der Waals surface area contributed by atoms with E-state index in [2.05, 4.69) is 9.72 Å². The van der Waals surface area contributed by atoms with Gasteiger partial charge in [0.25, 0.3) is 0 Å². The molecular formula is C10H11F2NO4S. The molecule has 0 aliphatic carbocycles. The van der Waals surface area contributed by atoms with Gasteiger partial charge in [-0.15, -0.1) is 11.3 Å². The summed E-state index contributed by atoms with van der Waals surface area (Å²) in [6.45, 7) is 2.60. The van der Waals surface area contributed by atoms with Crippen LogP contribution in [-0.4, -0.2) is 28.6 Å². The second kappa shape index (κ2) is 5.38. The molecule has 0 atom stereocenters. The Labute approximate surface area is 105 Å². The zero-order valence-corrected chi connectivity index (χ0v) is 10.5. The first-order valence-electron chi connectivity index (χ1n) is 5.02. The van der Waals surface area contributed by atoms with Gasteiger partial charge in [-0.3, -0.25) is 4.79 Å². The number of aromatic nitrogens is 1. The van der Waals surface area contributed by atoms with Crippen LogP contribution in [0.3, 0.4) is 0 Å². The van der Waals surface area contributed by atoms with Crippen molar-refractivity contribution in [2.45, 2.75) is 26.2 Å². The highest BCUT2D eigenvalue weighted by Gasteiger charge is 2.46. The number of ether oxygens (including phenoxy) is 1. The Morgan fingerprint density at radius 2 is 2.11 bits per heavy atom. The number of halogens is 2. The van der Waals surface area contributed by atoms with Crippen LogP contribution in [0.5, 0.6) is 0 Å². The standard InChI is InChI=1S/C10H11F2NO4S/c1-3-17-9(16)10(11,12)8-5(2)18-6(13-8)4-7(14)15/h3-4H2,1-2H3,(H,14,15). The molecule has 0 saturated carbocycles. The normalized spacial score (nSPS) is 11.3. The highest BCUT2D eigenvalue weighted by molar-refractivity contribution is 7.11. The van der Waals surface area contributed by atoms with Gasteiger partial charge >= 0.3 is 17.9 Å². The molecule has 1 aromatic heterocycles. The van der Waals surface area contributed by atoms with Crippen molar-refractivity contribution in [1.82, 2.24) is 4.98 Å². The quantitative estimate of drug-likeness (QED) is 0.831. The lowest BCUT2D eigenvalue weighted by atomic mass is 10.2. The minimum Gasteiger partial charge on any atom is -0.481 e. The molecule has 0 fully saturated rings.